The van der Waals surface area contributed by atoms with Gasteiger partial charge in [0, 0.05) is 0 Å². The molecule has 0 spiro atoms. The van der Waals surface area contributed by atoms with Crippen LogP contribution in [0, 0.1) is 11.8 Å². The third-order valence-electron chi connectivity index (χ3n) is 2.73. The maximum atomic E-state index is 11.8. The predicted octanol–water partition coefficient (Wildman–Crippen LogP) is -0.135. The fraction of sp³-hybridized carbons (Fsp3) is 0.545. The van der Waals surface area contributed by atoms with Crippen molar-refractivity contribution in [1.29, 1.82) is 0 Å². The highest BCUT2D eigenvalue weighted by Crippen LogP contribution is 2.25. The average Bonchev–Trinajstić information content (AvgIpc) is 2.34. The Hall–Kier alpha value is -2.05. The first-order valence-corrected chi connectivity index (χ1v) is 5.60. The number of ether oxygens (including phenoxy) is 1. The Bertz CT molecular complexity index is 366. The van der Waals surface area contributed by atoms with Gasteiger partial charge in [-0.25, -0.2) is 4.79 Å². The number of carbonyl (C=O) groups excluding carboxylic acids is 2. The zero-order valence-electron chi connectivity index (χ0n) is 9.80. The van der Waals surface area contributed by atoms with Gasteiger partial charge in [0.1, 0.15) is 6.61 Å². The predicted molar refractivity (Wildman–Crippen MR) is 61.5 cm³/mol. The number of hydrogen-bond donors (Lipinski definition) is 3. The van der Waals surface area contributed by atoms with Gasteiger partial charge in [0.25, 0.3) is 0 Å². The number of allylic oxidation sites excluding steroid dienone is 2. The third-order valence-corrected chi connectivity index (χ3v) is 2.73. The summed E-state index contributed by atoms with van der Waals surface area (Å²) < 4.78 is 4.45. The second-order valence-corrected chi connectivity index (χ2v) is 3.95. The lowest BCUT2D eigenvalue weighted by Crippen LogP contribution is -2.40. The average molecular weight is 256 g/mol. The number of carboxylic acid groups (broad SMARTS) is 1. The minimum Gasteiger partial charge on any atom is -0.481 e. The number of carbonyl (C=O) groups is 3. The molecule has 100 valence electrons. The Kier molecular flexibility index (Phi) is 5.16. The summed E-state index contributed by atoms with van der Waals surface area (Å²) in [6, 6.07) is 0. The fourth-order valence-corrected chi connectivity index (χ4v) is 1.83. The topological polar surface area (TPSA) is 119 Å². The van der Waals surface area contributed by atoms with Gasteiger partial charge in [-0.2, -0.15) is 0 Å². The van der Waals surface area contributed by atoms with Crippen LogP contribution in [0.25, 0.3) is 0 Å². The first-order valence-electron chi connectivity index (χ1n) is 5.60. The molecule has 0 saturated heterocycles. The summed E-state index contributed by atoms with van der Waals surface area (Å²) in [6.07, 6.45) is 3.40. The molecule has 18 heavy (non-hydrogen) atoms. The van der Waals surface area contributed by atoms with Crippen LogP contribution in [-0.4, -0.2) is 36.2 Å². The molecule has 2 unspecified atom stereocenters. The number of aliphatic carboxylic acids is 1. The molecule has 1 aliphatic carbocycles. The van der Waals surface area contributed by atoms with Crippen LogP contribution in [0.5, 0.6) is 0 Å². The minimum atomic E-state index is -0.979. The maximum absolute atomic E-state index is 11.8. The molecular formula is C11H16N2O5. The van der Waals surface area contributed by atoms with Crippen molar-refractivity contribution in [1.82, 2.24) is 5.32 Å². The molecule has 0 heterocycles. The van der Waals surface area contributed by atoms with E-state index in [0.29, 0.717) is 12.8 Å². The number of hydrogen-bond acceptors (Lipinski definition) is 4. The molecule has 0 radical (unpaired) electrons. The first-order chi connectivity index (χ1) is 8.52. The summed E-state index contributed by atoms with van der Waals surface area (Å²) in [5.74, 6) is -2.61. The number of nitrogens with two attached hydrogens (primary N) is 1. The van der Waals surface area contributed by atoms with E-state index in [1.807, 2.05) is 0 Å². The van der Waals surface area contributed by atoms with Crippen molar-refractivity contribution in [2.45, 2.75) is 12.8 Å². The van der Waals surface area contributed by atoms with Gasteiger partial charge in [0.15, 0.2) is 0 Å². The zero-order chi connectivity index (χ0) is 13.5. The summed E-state index contributed by atoms with van der Waals surface area (Å²) >= 11 is 0. The number of rotatable bonds is 5. The molecule has 2 atom stereocenters. The Morgan fingerprint density at radius 3 is 2.44 bits per heavy atom. The molecule has 2 amide bonds. The van der Waals surface area contributed by atoms with Gasteiger partial charge in [-0.15, -0.1) is 0 Å². The van der Waals surface area contributed by atoms with E-state index in [9.17, 15) is 14.4 Å². The van der Waals surface area contributed by atoms with Crippen LogP contribution in [0.4, 0.5) is 4.79 Å². The maximum Gasteiger partial charge on any atom is 0.404 e. The monoisotopic (exact) mass is 256 g/mol. The molecule has 7 heteroatoms. The molecule has 0 aliphatic heterocycles. The number of amides is 2. The van der Waals surface area contributed by atoms with E-state index in [4.69, 9.17) is 10.8 Å². The van der Waals surface area contributed by atoms with Crippen LogP contribution in [0.1, 0.15) is 12.8 Å². The van der Waals surface area contributed by atoms with Gasteiger partial charge in [0.05, 0.1) is 18.4 Å². The van der Waals surface area contributed by atoms with Gasteiger partial charge in [-0.1, -0.05) is 12.2 Å². The molecule has 7 nitrogen and oxygen atoms in total. The van der Waals surface area contributed by atoms with E-state index in [2.05, 4.69) is 10.1 Å². The SMILES string of the molecule is NC(=O)OCCNC(=O)C1CC=CCC1C(=O)O. The van der Waals surface area contributed by atoms with Crippen LogP contribution in [0.15, 0.2) is 12.2 Å². The molecule has 1 aliphatic rings. The van der Waals surface area contributed by atoms with Crippen LogP contribution in [-0.2, 0) is 14.3 Å². The highest BCUT2D eigenvalue weighted by molar-refractivity contribution is 5.85. The number of primary amides is 1. The Labute approximate surface area is 104 Å². The van der Waals surface area contributed by atoms with E-state index in [-0.39, 0.29) is 19.1 Å². The molecule has 0 aromatic rings. The lowest BCUT2D eigenvalue weighted by molar-refractivity contribution is -0.147. The third kappa shape index (κ3) is 4.08. The van der Waals surface area contributed by atoms with Gasteiger partial charge in [-0.05, 0) is 12.8 Å². The molecule has 0 aromatic carbocycles. The smallest absolute Gasteiger partial charge is 0.404 e. The Balaban J connectivity index is 2.42. The summed E-state index contributed by atoms with van der Waals surface area (Å²) in [6.45, 7) is 0.0930. The van der Waals surface area contributed by atoms with Crippen molar-refractivity contribution in [2.75, 3.05) is 13.2 Å². The summed E-state index contributed by atoms with van der Waals surface area (Å²) in [4.78, 5) is 33.1. The Morgan fingerprint density at radius 1 is 1.28 bits per heavy atom. The highest BCUT2D eigenvalue weighted by atomic mass is 16.5. The second-order valence-electron chi connectivity index (χ2n) is 3.95. The standard InChI is InChI=1S/C11H16N2O5/c12-11(17)18-6-5-13-9(14)7-3-1-2-4-8(7)10(15)16/h1-2,7-8H,3-6H2,(H2,12,17)(H,13,14)(H,15,16). The Morgan fingerprint density at radius 2 is 1.89 bits per heavy atom. The van der Waals surface area contributed by atoms with Gasteiger partial charge in [-0.3, -0.25) is 9.59 Å². The lowest BCUT2D eigenvalue weighted by Gasteiger charge is -2.24. The van der Waals surface area contributed by atoms with E-state index < -0.39 is 23.9 Å². The van der Waals surface area contributed by atoms with Crippen LogP contribution >= 0.6 is 0 Å². The van der Waals surface area contributed by atoms with Gasteiger partial charge < -0.3 is 20.9 Å². The van der Waals surface area contributed by atoms with Crippen molar-refractivity contribution in [3.05, 3.63) is 12.2 Å². The number of nitrogens with one attached hydrogen (secondary N) is 1. The van der Waals surface area contributed by atoms with Crippen LogP contribution < -0.4 is 11.1 Å². The van der Waals surface area contributed by atoms with Crippen molar-refractivity contribution in [3.8, 4) is 0 Å². The molecule has 0 fully saturated rings. The van der Waals surface area contributed by atoms with E-state index in [1.165, 1.54) is 0 Å². The van der Waals surface area contributed by atoms with Crippen molar-refractivity contribution < 1.29 is 24.2 Å². The quantitative estimate of drug-likeness (QED) is 0.467. The molecule has 0 saturated carbocycles. The zero-order valence-corrected chi connectivity index (χ0v) is 9.80. The second kappa shape index (κ2) is 6.63. The van der Waals surface area contributed by atoms with E-state index >= 15 is 0 Å². The number of carboxylic acids is 1. The molecule has 0 bridgehead atoms. The van der Waals surface area contributed by atoms with E-state index in [0.717, 1.165) is 0 Å². The lowest BCUT2D eigenvalue weighted by atomic mass is 9.82. The van der Waals surface area contributed by atoms with Crippen LogP contribution in [0.3, 0.4) is 0 Å². The molecule has 1 rings (SSSR count). The largest absolute Gasteiger partial charge is 0.481 e. The summed E-state index contributed by atoms with van der Waals surface area (Å²) in [5.41, 5.74) is 4.75. The van der Waals surface area contributed by atoms with Gasteiger partial charge >= 0.3 is 12.1 Å². The van der Waals surface area contributed by atoms with E-state index in [1.54, 1.807) is 12.2 Å². The summed E-state index contributed by atoms with van der Waals surface area (Å²) in [5, 5.41) is 11.5. The normalized spacial score (nSPS) is 22.2. The van der Waals surface area contributed by atoms with Crippen molar-refractivity contribution in [3.63, 3.8) is 0 Å². The first kappa shape index (κ1) is 14.0. The molecule has 4 N–H and O–H groups in total. The van der Waals surface area contributed by atoms with Crippen molar-refractivity contribution >= 4 is 18.0 Å². The van der Waals surface area contributed by atoms with Crippen LogP contribution in [0.2, 0.25) is 0 Å². The van der Waals surface area contributed by atoms with Crippen molar-refractivity contribution in [2.24, 2.45) is 17.6 Å². The molecular weight excluding hydrogens is 240 g/mol. The minimum absolute atomic E-state index is 0.0264. The fourth-order valence-electron chi connectivity index (χ4n) is 1.83. The molecule has 0 aromatic heterocycles. The summed E-state index contributed by atoms with van der Waals surface area (Å²) in [7, 11) is 0. The van der Waals surface area contributed by atoms with Gasteiger partial charge in [0.2, 0.25) is 5.91 Å². The highest BCUT2D eigenvalue weighted by Gasteiger charge is 2.33.